The number of tetrazole rings is 1. The average Bonchev–Trinajstić information content (AvgIpc) is 3.48. The Morgan fingerprint density at radius 2 is 2.03 bits per heavy atom. The second-order valence-corrected chi connectivity index (χ2v) is 8.30. The topological polar surface area (TPSA) is 86.0 Å². The van der Waals surface area contributed by atoms with Crippen molar-refractivity contribution in [2.45, 2.75) is 18.8 Å². The van der Waals surface area contributed by atoms with E-state index in [1.54, 1.807) is 16.0 Å². The van der Waals surface area contributed by atoms with Gasteiger partial charge in [0.05, 0.1) is 20.9 Å². The number of rotatable bonds is 5. The molecular formula is C21H20N6O2S. The molecule has 0 aliphatic carbocycles. The minimum atomic E-state index is 0.00497. The molecule has 5 rings (SSSR count). The van der Waals surface area contributed by atoms with E-state index in [2.05, 4.69) is 21.6 Å². The molecule has 8 nitrogen and oxygen atoms in total. The summed E-state index contributed by atoms with van der Waals surface area (Å²) in [5.41, 5.74) is 1.86. The number of likely N-dealkylation sites (tertiary alicyclic amines) is 1. The number of piperidine rings is 1. The Hall–Kier alpha value is -3.33. The summed E-state index contributed by atoms with van der Waals surface area (Å²) in [4.78, 5) is 19.4. The Balaban J connectivity index is 1.19. The van der Waals surface area contributed by atoms with Gasteiger partial charge in [-0.2, -0.15) is 0 Å². The second-order valence-electron chi connectivity index (χ2n) is 7.24. The predicted molar refractivity (Wildman–Crippen MR) is 113 cm³/mol. The van der Waals surface area contributed by atoms with E-state index in [1.807, 2.05) is 47.4 Å². The number of nitrogens with zero attached hydrogens (tertiary/aromatic N) is 6. The van der Waals surface area contributed by atoms with Crippen molar-refractivity contribution in [2.24, 2.45) is 0 Å². The number of ether oxygens (including phenoxy) is 1. The van der Waals surface area contributed by atoms with Crippen molar-refractivity contribution in [1.82, 2.24) is 30.1 Å². The number of hydrogen-bond donors (Lipinski definition) is 0. The number of benzene rings is 2. The van der Waals surface area contributed by atoms with Crippen LogP contribution in [-0.4, -0.2) is 55.7 Å². The summed E-state index contributed by atoms with van der Waals surface area (Å²) in [5, 5.41) is 12.2. The zero-order valence-electron chi connectivity index (χ0n) is 16.2. The molecule has 0 unspecified atom stereocenters. The first-order valence-corrected chi connectivity index (χ1v) is 10.7. The highest BCUT2D eigenvalue weighted by atomic mass is 32.1. The Morgan fingerprint density at radius 1 is 1.17 bits per heavy atom. The molecule has 1 atom stereocenters. The fraction of sp³-hybridized carbons (Fsp3) is 0.286. The van der Waals surface area contributed by atoms with E-state index in [9.17, 15) is 4.79 Å². The zero-order chi connectivity index (χ0) is 20.3. The molecule has 4 aromatic rings. The molecule has 1 aliphatic heterocycles. The van der Waals surface area contributed by atoms with Crippen molar-refractivity contribution in [3.05, 3.63) is 59.9 Å². The Bertz CT molecular complexity index is 1110. The molecule has 9 heteroatoms. The first kappa shape index (κ1) is 18.7. The molecule has 1 amide bonds. The number of para-hydroxylation sites is 1. The summed E-state index contributed by atoms with van der Waals surface area (Å²) < 4.78 is 8.48. The van der Waals surface area contributed by atoms with Gasteiger partial charge in [-0.15, -0.1) is 16.4 Å². The molecule has 2 aromatic heterocycles. The van der Waals surface area contributed by atoms with Crippen LogP contribution in [0.3, 0.4) is 0 Å². The molecule has 2 aromatic carbocycles. The lowest BCUT2D eigenvalue weighted by molar-refractivity contribution is -0.134. The van der Waals surface area contributed by atoms with Gasteiger partial charge in [0.2, 0.25) is 0 Å². The third-order valence-electron chi connectivity index (χ3n) is 5.25. The normalized spacial score (nSPS) is 16.7. The van der Waals surface area contributed by atoms with E-state index >= 15 is 0 Å². The van der Waals surface area contributed by atoms with Crippen LogP contribution in [0.4, 0.5) is 0 Å². The van der Waals surface area contributed by atoms with Gasteiger partial charge in [0.15, 0.2) is 6.61 Å². The number of aromatic nitrogens is 5. The molecule has 0 spiro atoms. The molecule has 0 radical (unpaired) electrons. The van der Waals surface area contributed by atoms with Crippen LogP contribution in [0.1, 0.15) is 23.8 Å². The molecule has 0 N–H and O–H groups in total. The van der Waals surface area contributed by atoms with Crippen LogP contribution in [0.15, 0.2) is 54.9 Å². The highest BCUT2D eigenvalue weighted by molar-refractivity contribution is 7.18. The van der Waals surface area contributed by atoms with Gasteiger partial charge in [-0.1, -0.05) is 12.1 Å². The van der Waals surface area contributed by atoms with Crippen molar-refractivity contribution in [2.75, 3.05) is 19.7 Å². The number of carbonyl (C=O) groups is 1. The lowest BCUT2D eigenvalue weighted by Crippen LogP contribution is -2.41. The first-order chi connectivity index (χ1) is 14.8. The van der Waals surface area contributed by atoms with E-state index in [1.165, 1.54) is 11.0 Å². The fourth-order valence-corrected chi connectivity index (χ4v) is 4.77. The third-order valence-corrected chi connectivity index (χ3v) is 6.45. The standard InChI is InChI=1S/C21H20N6O2S/c28-20(13-29-17-9-7-16(8-10-17)27-14-22-24-25-27)26-11-3-4-15(12-26)21-23-18-5-1-2-6-19(18)30-21/h1-2,5-10,14-15H,3-4,11-13H2/t15-/m1/s1. The van der Waals surface area contributed by atoms with Crippen molar-refractivity contribution in [1.29, 1.82) is 0 Å². The molecule has 0 saturated carbocycles. The molecule has 1 fully saturated rings. The van der Waals surface area contributed by atoms with Gasteiger partial charge >= 0.3 is 0 Å². The molecule has 152 valence electrons. The Labute approximate surface area is 177 Å². The van der Waals surface area contributed by atoms with Crippen molar-refractivity contribution in [3.63, 3.8) is 0 Å². The van der Waals surface area contributed by atoms with Gasteiger partial charge < -0.3 is 9.64 Å². The summed E-state index contributed by atoms with van der Waals surface area (Å²) in [6.45, 7) is 1.48. The van der Waals surface area contributed by atoms with Crippen LogP contribution in [0.5, 0.6) is 5.75 Å². The van der Waals surface area contributed by atoms with Gasteiger partial charge in [-0.05, 0) is 59.7 Å². The summed E-state index contributed by atoms with van der Waals surface area (Å²) in [6, 6.07) is 15.5. The Morgan fingerprint density at radius 3 is 2.83 bits per heavy atom. The maximum absolute atomic E-state index is 12.7. The molecule has 1 saturated heterocycles. The minimum Gasteiger partial charge on any atom is -0.484 e. The lowest BCUT2D eigenvalue weighted by atomic mass is 9.99. The summed E-state index contributed by atoms with van der Waals surface area (Å²) >= 11 is 1.73. The molecule has 30 heavy (non-hydrogen) atoms. The highest BCUT2D eigenvalue weighted by Crippen LogP contribution is 2.33. The lowest BCUT2D eigenvalue weighted by Gasteiger charge is -2.31. The van der Waals surface area contributed by atoms with E-state index in [0.29, 0.717) is 12.3 Å². The van der Waals surface area contributed by atoms with Crippen LogP contribution in [0, 0.1) is 0 Å². The monoisotopic (exact) mass is 420 g/mol. The van der Waals surface area contributed by atoms with Crippen LogP contribution >= 0.6 is 11.3 Å². The van der Waals surface area contributed by atoms with Gasteiger partial charge in [0, 0.05) is 19.0 Å². The van der Waals surface area contributed by atoms with E-state index < -0.39 is 0 Å². The fourth-order valence-electron chi connectivity index (χ4n) is 3.68. The number of fused-ring (bicyclic) bond motifs is 1. The molecule has 0 bridgehead atoms. The zero-order valence-corrected chi connectivity index (χ0v) is 17.0. The van der Waals surface area contributed by atoms with E-state index in [-0.39, 0.29) is 18.4 Å². The van der Waals surface area contributed by atoms with Crippen molar-refractivity contribution >= 4 is 27.5 Å². The van der Waals surface area contributed by atoms with Crippen molar-refractivity contribution in [3.8, 4) is 11.4 Å². The highest BCUT2D eigenvalue weighted by Gasteiger charge is 2.27. The predicted octanol–water partition coefficient (Wildman–Crippen LogP) is 3.06. The van der Waals surface area contributed by atoms with Crippen LogP contribution < -0.4 is 4.74 Å². The minimum absolute atomic E-state index is 0.00497. The number of hydrogen-bond acceptors (Lipinski definition) is 7. The molecule has 3 heterocycles. The van der Waals surface area contributed by atoms with Crippen LogP contribution in [0.2, 0.25) is 0 Å². The van der Waals surface area contributed by atoms with Crippen LogP contribution in [-0.2, 0) is 4.79 Å². The largest absolute Gasteiger partial charge is 0.484 e. The van der Waals surface area contributed by atoms with E-state index in [4.69, 9.17) is 9.72 Å². The van der Waals surface area contributed by atoms with Crippen LogP contribution in [0.25, 0.3) is 15.9 Å². The average molecular weight is 420 g/mol. The second kappa shape index (κ2) is 8.19. The third kappa shape index (κ3) is 3.88. The summed E-state index contributed by atoms with van der Waals surface area (Å²) in [7, 11) is 0. The number of carbonyl (C=O) groups excluding carboxylic acids is 1. The van der Waals surface area contributed by atoms with Gasteiger partial charge in [-0.3, -0.25) is 4.79 Å². The SMILES string of the molecule is O=C(COc1ccc(-n2cnnn2)cc1)N1CCC[C@@H](c2nc3ccccc3s2)C1. The van der Waals surface area contributed by atoms with Gasteiger partial charge in [0.25, 0.3) is 5.91 Å². The van der Waals surface area contributed by atoms with Gasteiger partial charge in [0.1, 0.15) is 12.1 Å². The van der Waals surface area contributed by atoms with Gasteiger partial charge in [-0.25, -0.2) is 9.67 Å². The van der Waals surface area contributed by atoms with E-state index in [0.717, 1.165) is 35.6 Å². The quantitative estimate of drug-likeness (QED) is 0.493. The smallest absolute Gasteiger partial charge is 0.260 e. The number of amides is 1. The first-order valence-electron chi connectivity index (χ1n) is 9.86. The maximum atomic E-state index is 12.7. The number of thiazole rings is 1. The van der Waals surface area contributed by atoms with Crippen molar-refractivity contribution < 1.29 is 9.53 Å². The summed E-state index contributed by atoms with van der Waals surface area (Å²) in [6.07, 6.45) is 3.56. The Kier molecular flexibility index (Phi) is 5.10. The summed E-state index contributed by atoms with van der Waals surface area (Å²) in [5.74, 6) is 0.931. The maximum Gasteiger partial charge on any atom is 0.260 e. The molecular weight excluding hydrogens is 400 g/mol. The molecule has 1 aliphatic rings.